The molecule has 0 fully saturated rings. The predicted octanol–water partition coefficient (Wildman–Crippen LogP) is 29.5. The van der Waals surface area contributed by atoms with Crippen molar-refractivity contribution in [3.63, 3.8) is 0 Å². The number of esters is 2. The van der Waals surface area contributed by atoms with Gasteiger partial charge in [0.05, 0.1) is 27.7 Å². The number of carbonyl (C=O) groups excluding carboxylic acids is 2. The molecule has 0 aromatic heterocycles. The van der Waals surface area contributed by atoms with Crippen LogP contribution in [0.2, 0.25) is 0 Å². The molecule has 0 aromatic carbocycles. The maximum atomic E-state index is 12.9. The fourth-order valence-corrected chi connectivity index (χ4v) is 14.5. The molecule has 98 heavy (non-hydrogen) atoms. The van der Waals surface area contributed by atoms with E-state index in [-0.39, 0.29) is 25.6 Å². The zero-order chi connectivity index (χ0) is 71.1. The van der Waals surface area contributed by atoms with E-state index in [1.165, 1.54) is 405 Å². The van der Waals surface area contributed by atoms with Crippen molar-refractivity contribution in [1.29, 1.82) is 0 Å². The number of allylic oxidation sites excluding steroid dienone is 4. The van der Waals surface area contributed by atoms with Gasteiger partial charge in [0.2, 0.25) is 0 Å². The SMILES string of the molecule is CCCCCCC/C=C\C/C=C\CCCCCCCCCCCCCCCCCCCCCCCCCCCCCC(=O)OC(COC(=O)CCCCCCCCCCCCCCCCCCCCCCCCCCCCCCCCCCCCC)COP(=O)(O)OCC[N+](C)(C)C. The Kier molecular flexibility index (Phi) is 78.4. The van der Waals surface area contributed by atoms with Crippen LogP contribution in [0, 0.1) is 0 Å². The number of nitrogens with zero attached hydrogens (tertiary/aromatic N) is 1. The van der Waals surface area contributed by atoms with Crippen LogP contribution >= 0.6 is 7.82 Å². The Hall–Kier alpha value is -1.51. The Bertz CT molecular complexity index is 1700. The van der Waals surface area contributed by atoms with E-state index in [4.69, 9.17) is 18.5 Å². The lowest BCUT2D eigenvalue weighted by atomic mass is 10.0. The number of unbranched alkanes of at least 4 members (excludes halogenated alkanes) is 66. The number of hydrogen-bond donors (Lipinski definition) is 1. The van der Waals surface area contributed by atoms with Gasteiger partial charge < -0.3 is 18.9 Å². The molecule has 0 saturated carbocycles. The summed E-state index contributed by atoms with van der Waals surface area (Å²) >= 11 is 0. The predicted molar refractivity (Wildman–Crippen MR) is 428 cm³/mol. The first-order chi connectivity index (χ1) is 48.0. The van der Waals surface area contributed by atoms with Crippen LogP contribution in [-0.4, -0.2) is 74.9 Å². The van der Waals surface area contributed by atoms with E-state index >= 15 is 0 Å². The van der Waals surface area contributed by atoms with E-state index in [0.29, 0.717) is 17.4 Å². The molecule has 582 valence electrons. The fourth-order valence-electron chi connectivity index (χ4n) is 13.8. The number of likely N-dealkylation sites (N-methyl/N-ethyl adjacent to an activating group) is 1. The molecule has 2 unspecified atom stereocenters. The van der Waals surface area contributed by atoms with Crippen LogP contribution in [0.25, 0.3) is 0 Å². The molecular formula is C88H173NO8P+. The Morgan fingerprint density at radius 3 is 0.806 bits per heavy atom. The smallest absolute Gasteiger partial charge is 0.462 e. The third kappa shape index (κ3) is 83.4. The molecule has 0 aliphatic heterocycles. The Balaban J connectivity index is 3.84. The highest BCUT2D eigenvalue weighted by atomic mass is 31.2. The minimum absolute atomic E-state index is 0.0367. The minimum Gasteiger partial charge on any atom is -0.462 e. The van der Waals surface area contributed by atoms with E-state index in [0.717, 1.165) is 44.9 Å². The van der Waals surface area contributed by atoms with Gasteiger partial charge in [0.25, 0.3) is 0 Å². The number of ether oxygens (including phenoxy) is 2. The van der Waals surface area contributed by atoms with Crippen molar-refractivity contribution in [2.75, 3.05) is 47.5 Å². The van der Waals surface area contributed by atoms with E-state index in [9.17, 15) is 19.0 Å². The number of phosphoric acid groups is 1. The van der Waals surface area contributed by atoms with Crippen LogP contribution < -0.4 is 0 Å². The lowest BCUT2D eigenvalue weighted by Gasteiger charge is -2.24. The summed E-state index contributed by atoms with van der Waals surface area (Å²) in [5.41, 5.74) is 0. The zero-order valence-corrected chi connectivity index (χ0v) is 67.7. The number of rotatable bonds is 84. The molecule has 0 radical (unpaired) electrons. The molecule has 2 atom stereocenters. The summed E-state index contributed by atoms with van der Waals surface area (Å²) in [6.07, 6.45) is 104. The second-order valence-corrected chi connectivity index (χ2v) is 33.1. The van der Waals surface area contributed by atoms with E-state index in [1.54, 1.807) is 0 Å². The first kappa shape index (κ1) is 96.5. The van der Waals surface area contributed by atoms with Crippen molar-refractivity contribution in [3.05, 3.63) is 24.3 Å². The summed E-state index contributed by atoms with van der Waals surface area (Å²) in [5, 5.41) is 0. The van der Waals surface area contributed by atoms with Crippen LogP contribution in [-0.2, 0) is 32.7 Å². The molecule has 0 saturated heterocycles. The van der Waals surface area contributed by atoms with E-state index in [2.05, 4.69) is 38.2 Å². The standard InChI is InChI=1S/C88H172NO8P/c1-6-8-10-12-14-16-18-20-22-24-26-28-30-32-34-36-38-40-42-43-44-45-47-49-51-53-55-57-59-61-63-65-67-69-71-73-75-77-79-81-88(91)97-86(85-96-98(92,93)95-83-82-89(3,4)5)84-94-87(90)80-78-76-74-72-70-68-66-64-62-60-58-56-54-52-50-48-46-41-39-37-35-33-31-29-27-25-23-21-19-17-15-13-11-9-7-2/h18,20,24,26,86H,6-17,19,21-23,25,27-85H2,1-5H3/p+1/b20-18-,26-24-. The van der Waals surface area contributed by atoms with Gasteiger partial charge in [-0.25, -0.2) is 4.57 Å². The molecule has 0 heterocycles. The lowest BCUT2D eigenvalue weighted by molar-refractivity contribution is -0.870. The Labute approximate surface area is 612 Å². The molecule has 0 amide bonds. The normalized spacial score (nSPS) is 13.0. The maximum absolute atomic E-state index is 12.9. The van der Waals surface area contributed by atoms with Gasteiger partial charge in [0, 0.05) is 12.8 Å². The van der Waals surface area contributed by atoms with Gasteiger partial charge in [-0.05, 0) is 44.9 Å². The van der Waals surface area contributed by atoms with Gasteiger partial charge in [-0.3, -0.25) is 18.6 Å². The van der Waals surface area contributed by atoms with Gasteiger partial charge in [-0.15, -0.1) is 0 Å². The molecule has 0 aliphatic carbocycles. The highest BCUT2D eigenvalue weighted by Gasteiger charge is 2.27. The average molecular weight is 1400 g/mol. The van der Waals surface area contributed by atoms with Gasteiger partial charge in [-0.2, -0.15) is 0 Å². The zero-order valence-electron chi connectivity index (χ0n) is 66.8. The highest BCUT2D eigenvalue weighted by Crippen LogP contribution is 2.43. The maximum Gasteiger partial charge on any atom is 0.472 e. The summed E-state index contributed by atoms with van der Waals surface area (Å²) in [4.78, 5) is 36.0. The lowest BCUT2D eigenvalue weighted by Crippen LogP contribution is -2.37. The van der Waals surface area contributed by atoms with E-state index < -0.39 is 26.5 Å². The Morgan fingerprint density at radius 2 is 0.551 bits per heavy atom. The third-order valence-electron chi connectivity index (χ3n) is 20.5. The second-order valence-electron chi connectivity index (χ2n) is 31.6. The van der Waals surface area contributed by atoms with Crippen molar-refractivity contribution >= 4 is 19.8 Å². The van der Waals surface area contributed by atoms with Crippen molar-refractivity contribution in [3.8, 4) is 0 Å². The van der Waals surface area contributed by atoms with Crippen molar-refractivity contribution in [1.82, 2.24) is 0 Å². The summed E-state index contributed by atoms with van der Waals surface area (Å²) in [6.45, 7) is 4.53. The van der Waals surface area contributed by atoms with Crippen LogP contribution in [0.3, 0.4) is 0 Å². The highest BCUT2D eigenvalue weighted by molar-refractivity contribution is 7.47. The van der Waals surface area contributed by atoms with Crippen LogP contribution in [0.1, 0.15) is 476 Å². The monoisotopic (exact) mass is 1400 g/mol. The van der Waals surface area contributed by atoms with Crippen LogP contribution in [0.15, 0.2) is 24.3 Å². The van der Waals surface area contributed by atoms with Crippen LogP contribution in [0.4, 0.5) is 0 Å². The number of quaternary nitrogens is 1. The molecule has 1 N–H and O–H groups in total. The van der Waals surface area contributed by atoms with Gasteiger partial charge in [-0.1, -0.05) is 443 Å². The summed E-state index contributed by atoms with van der Waals surface area (Å²) in [5.74, 6) is -0.765. The van der Waals surface area contributed by atoms with Gasteiger partial charge in [0.1, 0.15) is 19.8 Å². The molecule has 0 aliphatic rings. The third-order valence-corrected chi connectivity index (χ3v) is 21.5. The molecule has 0 aromatic rings. The molecular weight excluding hydrogens is 1230 g/mol. The first-order valence-electron chi connectivity index (χ1n) is 44.1. The molecule has 10 heteroatoms. The Morgan fingerprint density at radius 1 is 0.316 bits per heavy atom. The quantitative estimate of drug-likeness (QED) is 0.0211. The summed E-state index contributed by atoms with van der Waals surface area (Å²) in [6, 6.07) is 0. The summed E-state index contributed by atoms with van der Waals surface area (Å²) < 4.78 is 34.9. The first-order valence-corrected chi connectivity index (χ1v) is 45.6. The number of phosphoric ester groups is 1. The molecule has 0 spiro atoms. The van der Waals surface area contributed by atoms with Gasteiger partial charge in [0.15, 0.2) is 6.10 Å². The minimum atomic E-state index is -4.39. The molecule has 0 rings (SSSR count). The second kappa shape index (κ2) is 79.6. The van der Waals surface area contributed by atoms with E-state index in [1.807, 2.05) is 21.1 Å². The average Bonchev–Trinajstić information content (AvgIpc) is 1.23. The number of hydrogen-bond acceptors (Lipinski definition) is 7. The van der Waals surface area contributed by atoms with Crippen molar-refractivity contribution < 1.29 is 42.1 Å². The summed E-state index contributed by atoms with van der Waals surface area (Å²) in [7, 11) is 1.51. The topological polar surface area (TPSA) is 108 Å². The largest absolute Gasteiger partial charge is 0.472 e. The van der Waals surface area contributed by atoms with Crippen LogP contribution in [0.5, 0.6) is 0 Å². The van der Waals surface area contributed by atoms with Crippen molar-refractivity contribution in [2.45, 2.75) is 482 Å². The van der Waals surface area contributed by atoms with Crippen molar-refractivity contribution in [2.24, 2.45) is 0 Å². The fraction of sp³-hybridized carbons (Fsp3) is 0.932. The number of carbonyl (C=O) groups is 2. The molecule has 0 bridgehead atoms. The molecule has 9 nitrogen and oxygen atoms in total. The van der Waals surface area contributed by atoms with Gasteiger partial charge >= 0.3 is 19.8 Å².